The fraction of sp³-hybridized carbons (Fsp3) is 0.929. The number of carbonyl (C=O) groups is 1. The molecular weight excluding hydrogens is 260 g/mol. The molecule has 1 aliphatic heterocycles. The van der Waals surface area contributed by atoms with Crippen LogP contribution in [0.4, 0.5) is 4.79 Å². The molecule has 0 bridgehead atoms. The Bertz CT molecular complexity index is 296. The Labute approximate surface area is 121 Å². The first-order valence-electron chi connectivity index (χ1n) is 7.17. The van der Waals surface area contributed by atoms with Gasteiger partial charge in [0.05, 0.1) is 6.61 Å². The third-order valence-corrected chi connectivity index (χ3v) is 3.15. The van der Waals surface area contributed by atoms with Crippen LogP contribution >= 0.6 is 0 Å². The highest BCUT2D eigenvalue weighted by atomic mass is 16.6. The molecule has 6 heteroatoms. The van der Waals surface area contributed by atoms with Gasteiger partial charge in [-0.1, -0.05) is 0 Å². The smallest absolute Gasteiger partial charge is 0.407 e. The van der Waals surface area contributed by atoms with E-state index in [0.29, 0.717) is 13.2 Å². The van der Waals surface area contributed by atoms with Crippen molar-refractivity contribution in [2.24, 2.45) is 0 Å². The van der Waals surface area contributed by atoms with Gasteiger partial charge in [-0.2, -0.15) is 0 Å². The van der Waals surface area contributed by atoms with E-state index in [1.54, 1.807) is 7.11 Å². The number of methoxy groups -OCH3 is 1. The molecule has 0 saturated carbocycles. The maximum absolute atomic E-state index is 11.4. The van der Waals surface area contributed by atoms with Crippen LogP contribution in [0.2, 0.25) is 0 Å². The number of alkyl carbamates (subject to hydrolysis) is 1. The van der Waals surface area contributed by atoms with Crippen LogP contribution in [0.1, 0.15) is 33.6 Å². The summed E-state index contributed by atoms with van der Waals surface area (Å²) < 4.78 is 16.0. The van der Waals surface area contributed by atoms with E-state index in [1.165, 1.54) is 0 Å². The predicted molar refractivity (Wildman–Crippen MR) is 76.9 cm³/mol. The summed E-state index contributed by atoms with van der Waals surface area (Å²) in [6.45, 7) is 9.14. The monoisotopic (exact) mass is 288 g/mol. The van der Waals surface area contributed by atoms with Gasteiger partial charge in [-0.25, -0.2) is 4.79 Å². The van der Waals surface area contributed by atoms with Crippen LogP contribution in [0.15, 0.2) is 0 Å². The molecule has 20 heavy (non-hydrogen) atoms. The van der Waals surface area contributed by atoms with Crippen LogP contribution in [-0.4, -0.2) is 57.3 Å². The number of amides is 1. The lowest BCUT2D eigenvalue weighted by molar-refractivity contribution is -0.0156. The summed E-state index contributed by atoms with van der Waals surface area (Å²) in [4.78, 5) is 11.4. The van der Waals surface area contributed by atoms with Gasteiger partial charge in [-0.3, -0.25) is 0 Å². The fourth-order valence-electron chi connectivity index (χ4n) is 2.00. The second-order valence-corrected chi connectivity index (χ2v) is 6.15. The minimum absolute atomic E-state index is 0.182. The van der Waals surface area contributed by atoms with Crippen molar-refractivity contribution in [3.63, 3.8) is 0 Å². The van der Waals surface area contributed by atoms with Crippen molar-refractivity contribution in [2.75, 3.05) is 40.0 Å². The Kier molecular flexibility index (Phi) is 6.71. The fourth-order valence-corrected chi connectivity index (χ4v) is 2.00. The maximum atomic E-state index is 11.4. The molecule has 0 aromatic carbocycles. The molecule has 6 nitrogen and oxygen atoms in total. The lowest BCUT2D eigenvalue weighted by Gasteiger charge is -2.26. The summed E-state index contributed by atoms with van der Waals surface area (Å²) in [5.41, 5.74) is -0.631. The zero-order valence-corrected chi connectivity index (χ0v) is 13.1. The van der Waals surface area contributed by atoms with Crippen LogP contribution in [0.3, 0.4) is 0 Å². The Balaban J connectivity index is 2.03. The third-order valence-electron chi connectivity index (χ3n) is 3.15. The Morgan fingerprint density at radius 3 is 2.65 bits per heavy atom. The SMILES string of the molecule is COC1(CNCCCNC(=O)OC(C)(C)C)CCOC1. The van der Waals surface area contributed by atoms with Crippen LogP contribution in [0.25, 0.3) is 0 Å². The Morgan fingerprint density at radius 2 is 2.10 bits per heavy atom. The molecule has 1 atom stereocenters. The summed E-state index contributed by atoms with van der Waals surface area (Å²) in [5.74, 6) is 0. The normalized spacial score (nSPS) is 22.8. The molecule has 1 amide bonds. The minimum Gasteiger partial charge on any atom is -0.444 e. The van der Waals surface area contributed by atoms with Crippen LogP contribution < -0.4 is 10.6 Å². The van der Waals surface area contributed by atoms with Crippen LogP contribution in [0, 0.1) is 0 Å². The lowest BCUT2D eigenvalue weighted by atomic mass is 10.0. The van der Waals surface area contributed by atoms with Gasteiger partial charge in [-0.15, -0.1) is 0 Å². The number of hydrogen-bond donors (Lipinski definition) is 2. The second-order valence-electron chi connectivity index (χ2n) is 6.15. The summed E-state index contributed by atoms with van der Waals surface area (Å²) in [6.07, 6.45) is 1.40. The third kappa shape index (κ3) is 6.54. The quantitative estimate of drug-likeness (QED) is 0.691. The lowest BCUT2D eigenvalue weighted by Crippen LogP contribution is -2.43. The van der Waals surface area contributed by atoms with Crippen molar-refractivity contribution in [2.45, 2.75) is 44.8 Å². The van der Waals surface area contributed by atoms with E-state index in [1.807, 2.05) is 20.8 Å². The number of hydrogen-bond acceptors (Lipinski definition) is 5. The molecule has 1 heterocycles. The first-order valence-corrected chi connectivity index (χ1v) is 7.17. The minimum atomic E-state index is -0.449. The molecule has 2 N–H and O–H groups in total. The van der Waals surface area contributed by atoms with E-state index in [0.717, 1.165) is 32.5 Å². The largest absolute Gasteiger partial charge is 0.444 e. The van der Waals surface area contributed by atoms with E-state index in [4.69, 9.17) is 14.2 Å². The predicted octanol–water partition coefficient (Wildman–Crippen LogP) is 1.30. The summed E-state index contributed by atoms with van der Waals surface area (Å²) >= 11 is 0. The zero-order chi connectivity index (χ0) is 15.1. The van der Waals surface area contributed by atoms with Gasteiger partial charge >= 0.3 is 6.09 Å². The number of rotatable bonds is 7. The molecular formula is C14H28N2O4. The summed E-state index contributed by atoms with van der Waals surface area (Å²) in [7, 11) is 1.72. The van der Waals surface area contributed by atoms with Gasteiger partial charge < -0.3 is 24.8 Å². The van der Waals surface area contributed by atoms with E-state index >= 15 is 0 Å². The van der Waals surface area contributed by atoms with E-state index in [2.05, 4.69) is 10.6 Å². The van der Waals surface area contributed by atoms with E-state index < -0.39 is 5.60 Å². The van der Waals surface area contributed by atoms with Gasteiger partial charge in [0.1, 0.15) is 11.2 Å². The van der Waals surface area contributed by atoms with Crippen molar-refractivity contribution >= 4 is 6.09 Å². The highest BCUT2D eigenvalue weighted by molar-refractivity contribution is 5.67. The molecule has 118 valence electrons. The molecule has 0 aliphatic carbocycles. The van der Waals surface area contributed by atoms with Gasteiger partial charge in [0, 0.05) is 33.2 Å². The molecule has 1 unspecified atom stereocenters. The first kappa shape index (κ1) is 17.2. The number of ether oxygens (including phenoxy) is 3. The molecule has 1 fully saturated rings. The summed E-state index contributed by atoms with van der Waals surface area (Å²) in [6, 6.07) is 0. The van der Waals surface area contributed by atoms with Crippen molar-refractivity contribution in [3.8, 4) is 0 Å². The van der Waals surface area contributed by atoms with Crippen molar-refractivity contribution in [1.82, 2.24) is 10.6 Å². The molecule has 0 aromatic heterocycles. The molecule has 1 aliphatic rings. The standard InChI is InChI=1S/C14H28N2O4/c1-13(2,3)20-12(17)16-8-5-7-15-10-14(18-4)6-9-19-11-14/h15H,5-11H2,1-4H3,(H,16,17). The topological polar surface area (TPSA) is 68.8 Å². The van der Waals surface area contributed by atoms with Gasteiger partial charge in [0.15, 0.2) is 0 Å². The van der Waals surface area contributed by atoms with Gasteiger partial charge in [-0.05, 0) is 33.7 Å². The zero-order valence-electron chi connectivity index (χ0n) is 13.1. The number of nitrogens with one attached hydrogen (secondary N) is 2. The molecule has 0 radical (unpaired) electrons. The molecule has 1 saturated heterocycles. The van der Waals surface area contributed by atoms with Crippen molar-refractivity contribution in [1.29, 1.82) is 0 Å². The van der Waals surface area contributed by atoms with Gasteiger partial charge in [0.25, 0.3) is 0 Å². The highest BCUT2D eigenvalue weighted by Gasteiger charge is 2.34. The number of carbonyl (C=O) groups excluding carboxylic acids is 1. The van der Waals surface area contributed by atoms with E-state index in [-0.39, 0.29) is 11.7 Å². The Hall–Kier alpha value is -0.850. The summed E-state index contributed by atoms with van der Waals surface area (Å²) in [5, 5.41) is 6.08. The maximum Gasteiger partial charge on any atom is 0.407 e. The average molecular weight is 288 g/mol. The first-order chi connectivity index (χ1) is 9.37. The molecule has 0 spiro atoms. The van der Waals surface area contributed by atoms with Crippen molar-refractivity contribution in [3.05, 3.63) is 0 Å². The van der Waals surface area contributed by atoms with Crippen LogP contribution in [0.5, 0.6) is 0 Å². The Morgan fingerprint density at radius 1 is 1.35 bits per heavy atom. The van der Waals surface area contributed by atoms with Gasteiger partial charge in [0.2, 0.25) is 0 Å². The molecule has 1 rings (SSSR count). The highest BCUT2D eigenvalue weighted by Crippen LogP contribution is 2.21. The van der Waals surface area contributed by atoms with Crippen molar-refractivity contribution < 1.29 is 19.0 Å². The second kappa shape index (κ2) is 7.81. The van der Waals surface area contributed by atoms with Crippen LogP contribution in [-0.2, 0) is 14.2 Å². The average Bonchev–Trinajstić information content (AvgIpc) is 2.81. The molecule has 0 aromatic rings. The van der Waals surface area contributed by atoms with E-state index in [9.17, 15) is 4.79 Å².